The molecule has 0 bridgehead atoms. The molecule has 20 heavy (non-hydrogen) atoms. The van der Waals surface area contributed by atoms with Gasteiger partial charge < -0.3 is 10.1 Å². The molecular weight excluding hydrogens is 314 g/mol. The summed E-state index contributed by atoms with van der Waals surface area (Å²) in [6.45, 7) is 2.23. The normalized spacial score (nSPS) is 13.8. The second kappa shape index (κ2) is 6.91. The molecule has 2 aromatic rings. The van der Waals surface area contributed by atoms with Gasteiger partial charge in [-0.3, -0.25) is 0 Å². The lowest BCUT2D eigenvalue weighted by Gasteiger charge is -2.26. The molecule has 2 rings (SSSR count). The van der Waals surface area contributed by atoms with Crippen LogP contribution in [-0.4, -0.2) is 14.2 Å². The van der Waals surface area contributed by atoms with E-state index in [1.165, 1.54) is 11.1 Å². The summed E-state index contributed by atoms with van der Waals surface area (Å²) in [5, 5.41) is 3.42. The number of likely N-dealkylation sites (N-methyl/N-ethyl adjacent to an activating group) is 1. The fourth-order valence-corrected chi connectivity index (χ4v) is 2.95. The highest BCUT2D eigenvalue weighted by Gasteiger charge is 2.22. The van der Waals surface area contributed by atoms with Crippen LogP contribution in [-0.2, 0) is 0 Å². The Hall–Kier alpha value is -1.32. The van der Waals surface area contributed by atoms with Crippen LogP contribution in [0.3, 0.4) is 0 Å². The first-order valence-electron chi connectivity index (χ1n) is 6.73. The van der Waals surface area contributed by atoms with Gasteiger partial charge in [0.15, 0.2) is 0 Å². The first-order chi connectivity index (χ1) is 9.67. The molecule has 0 saturated heterocycles. The molecule has 2 atom stereocenters. The van der Waals surface area contributed by atoms with Crippen LogP contribution in [0.15, 0.2) is 53.0 Å². The Morgan fingerprint density at radius 3 is 2.40 bits per heavy atom. The molecule has 0 aliphatic heterocycles. The van der Waals surface area contributed by atoms with E-state index < -0.39 is 0 Å². The molecular formula is C17H20BrNO. The Balaban J connectivity index is 2.40. The van der Waals surface area contributed by atoms with Crippen LogP contribution < -0.4 is 10.1 Å². The molecule has 0 aromatic heterocycles. The number of hydrogen-bond donors (Lipinski definition) is 1. The van der Waals surface area contributed by atoms with Crippen molar-refractivity contribution in [3.05, 3.63) is 64.1 Å². The van der Waals surface area contributed by atoms with E-state index in [2.05, 4.69) is 58.5 Å². The molecule has 0 fully saturated rings. The van der Waals surface area contributed by atoms with Crippen LogP contribution in [0, 0.1) is 0 Å². The van der Waals surface area contributed by atoms with E-state index >= 15 is 0 Å². The molecule has 0 aliphatic rings. The number of ether oxygens (including phenoxy) is 1. The summed E-state index contributed by atoms with van der Waals surface area (Å²) in [7, 11) is 3.71. The maximum atomic E-state index is 5.51. The van der Waals surface area contributed by atoms with E-state index in [0.29, 0.717) is 5.92 Å². The highest BCUT2D eigenvalue weighted by atomic mass is 79.9. The summed E-state index contributed by atoms with van der Waals surface area (Å²) in [5.41, 5.74) is 2.48. The zero-order valence-electron chi connectivity index (χ0n) is 12.1. The number of methoxy groups -OCH3 is 1. The molecule has 0 saturated carbocycles. The standard InChI is InChI=1S/C17H20BrNO/c1-12(13-7-5-4-6-8-13)17(19-2)15-11-14(18)9-10-16(15)20-3/h4-12,17,19H,1-3H3. The predicted molar refractivity (Wildman–Crippen MR) is 87.4 cm³/mol. The van der Waals surface area contributed by atoms with Gasteiger partial charge in [-0.1, -0.05) is 53.2 Å². The molecule has 1 N–H and O–H groups in total. The van der Waals surface area contributed by atoms with Crippen molar-refractivity contribution in [3.63, 3.8) is 0 Å². The van der Waals surface area contributed by atoms with E-state index in [9.17, 15) is 0 Å². The first-order valence-corrected chi connectivity index (χ1v) is 7.52. The second-order valence-electron chi connectivity index (χ2n) is 4.85. The van der Waals surface area contributed by atoms with Gasteiger partial charge in [0.05, 0.1) is 7.11 Å². The number of halogens is 1. The quantitative estimate of drug-likeness (QED) is 0.868. The van der Waals surface area contributed by atoms with Crippen molar-refractivity contribution in [2.45, 2.75) is 18.9 Å². The highest BCUT2D eigenvalue weighted by molar-refractivity contribution is 9.10. The van der Waals surface area contributed by atoms with Crippen molar-refractivity contribution >= 4 is 15.9 Å². The topological polar surface area (TPSA) is 21.3 Å². The Kier molecular flexibility index (Phi) is 5.21. The molecule has 3 heteroatoms. The van der Waals surface area contributed by atoms with Crippen LogP contribution in [0.1, 0.15) is 30.0 Å². The van der Waals surface area contributed by atoms with Gasteiger partial charge in [0.2, 0.25) is 0 Å². The van der Waals surface area contributed by atoms with Gasteiger partial charge >= 0.3 is 0 Å². The van der Waals surface area contributed by atoms with E-state index in [-0.39, 0.29) is 6.04 Å². The summed E-state index contributed by atoms with van der Waals surface area (Å²) in [6, 6.07) is 16.9. The Labute approximate surface area is 129 Å². The van der Waals surface area contributed by atoms with Gasteiger partial charge in [0.25, 0.3) is 0 Å². The lowest BCUT2D eigenvalue weighted by Crippen LogP contribution is -2.23. The first kappa shape index (κ1) is 15.1. The second-order valence-corrected chi connectivity index (χ2v) is 5.77. The Morgan fingerprint density at radius 1 is 1.10 bits per heavy atom. The number of rotatable bonds is 5. The summed E-state index contributed by atoms with van der Waals surface area (Å²) in [4.78, 5) is 0. The van der Waals surface area contributed by atoms with E-state index in [1.807, 2.05) is 25.2 Å². The molecule has 106 valence electrons. The van der Waals surface area contributed by atoms with Crippen LogP contribution in [0.4, 0.5) is 0 Å². The third-order valence-corrected chi connectivity index (χ3v) is 4.16. The third-order valence-electron chi connectivity index (χ3n) is 3.66. The molecule has 0 aliphatic carbocycles. The summed E-state index contributed by atoms with van der Waals surface area (Å²) in [6.07, 6.45) is 0. The monoisotopic (exact) mass is 333 g/mol. The zero-order valence-corrected chi connectivity index (χ0v) is 13.6. The molecule has 2 nitrogen and oxygen atoms in total. The van der Waals surface area contributed by atoms with Crippen molar-refractivity contribution in [2.24, 2.45) is 0 Å². The van der Waals surface area contributed by atoms with E-state index in [0.717, 1.165) is 10.2 Å². The third kappa shape index (κ3) is 3.22. The van der Waals surface area contributed by atoms with Crippen LogP contribution in [0.5, 0.6) is 5.75 Å². The van der Waals surface area contributed by atoms with Crippen molar-refractivity contribution in [3.8, 4) is 5.75 Å². The fraction of sp³-hybridized carbons (Fsp3) is 0.294. The molecule has 0 spiro atoms. The highest BCUT2D eigenvalue weighted by Crippen LogP contribution is 2.36. The smallest absolute Gasteiger partial charge is 0.123 e. The van der Waals surface area contributed by atoms with Crippen LogP contribution in [0.2, 0.25) is 0 Å². The van der Waals surface area contributed by atoms with Gasteiger partial charge in [0.1, 0.15) is 5.75 Å². The Bertz CT molecular complexity index is 556. The Morgan fingerprint density at radius 2 is 1.80 bits per heavy atom. The molecule has 0 heterocycles. The predicted octanol–water partition coefficient (Wildman–Crippen LogP) is 4.52. The van der Waals surface area contributed by atoms with Gasteiger partial charge in [0, 0.05) is 22.0 Å². The van der Waals surface area contributed by atoms with E-state index in [1.54, 1.807) is 7.11 Å². The van der Waals surface area contributed by atoms with Gasteiger partial charge in [-0.05, 0) is 30.8 Å². The van der Waals surface area contributed by atoms with Crippen molar-refractivity contribution in [2.75, 3.05) is 14.2 Å². The molecule has 0 amide bonds. The van der Waals surface area contributed by atoms with Crippen LogP contribution in [0.25, 0.3) is 0 Å². The molecule has 0 radical (unpaired) electrons. The minimum Gasteiger partial charge on any atom is -0.496 e. The largest absolute Gasteiger partial charge is 0.496 e. The average Bonchev–Trinajstić information content (AvgIpc) is 2.49. The lowest BCUT2D eigenvalue weighted by molar-refractivity contribution is 0.394. The minimum atomic E-state index is 0.199. The molecule has 2 aromatic carbocycles. The maximum absolute atomic E-state index is 5.51. The number of benzene rings is 2. The van der Waals surface area contributed by atoms with Crippen molar-refractivity contribution in [1.29, 1.82) is 0 Å². The zero-order chi connectivity index (χ0) is 14.5. The van der Waals surface area contributed by atoms with Gasteiger partial charge in [-0.2, -0.15) is 0 Å². The lowest BCUT2D eigenvalue weighted by atomic mass is 9.88. The van der Waals surface area contributed by atoms with Crippen molar-refractivity contribution in [1.82, 2.24) is 5.32 Å². The van der Waals surface area contributed by atoms with E-state index in [4.69, 9.17) is 4.74 Å². The summed E-state index contributed by atoms with van der Waals surface area (Å²) in [5.74, 6) is 1.26. The number of nitrogens with one attached hydrogen (secondary N) is 1. The summed E-state index contributed by atoms with van der Waals surface area (Å²) < 4.78 is 6.57. The fourth-order valence-electron chi connectivity index (χ4n) is 2.57. The summed E-state index contributed by atoms with van der Waals surface area (Å²) >= 11 is 3.55. The maximum Gasteiger partial charge on any atom is 0.123 e. The van der Waals surface area contributed by atoms with Gasteiger partial charge in [-0.25, -0.2) is 0 Å². The molecule has 2 unspecified atom stereocenters. The van der Waals surface area contributed by atoms with Gasteiger partial charge in [-0.15, -0.1) is 0 Å². The average molecular weight is 334 g/mol. The minimum absolute atomic E-state index is 0.199. The SMILES string of the molecule is CNC(c1cc(Br)ccc1OC)C(C)c1ccccc1. The van der Waals surface area contributed by atoms with Crippen LogP contribution >= 0.6 is 15.9 Å². The number of hydrogen-bond acceptors (Lipinski definition) is 2. The van der Waals surface area contributed by atoms with Crippen molar-refractivity contribution < 1.29 is 4.74 Å².